The SMILES string of the molecule is CNC(Cc1ccsc1)C1CCC(F)(F)CC1. The molecule has 17 heavy (non-hydrogen) atoms. The summed E-state index contributed by atoms with van der Waals surface area (Å²) in [5.74, 6) is -2.03. The van der Waals surface area contributed by atoms with Crippen LogP contribution in [0.1, 0.15) is 31.2 Å². The third-order valence-corrected chi connectivity index (χ3v) is 4.47. The van der Waals surface area contributed by atoms with Crippen LogP contribution in [0.5, 0.6) is 0 Å². The Bertz CT molecular complexity index is 327. The van der Waals surface area contributed by atoms with Gasteiger partial charge in [0.2, 0.25) is 5.92 Å². The average Bonchev–Trinajstić information content (AvgIpc) is 2.79. The lowest BCUT2D eigenvalue weighted by molar-refractivity contribution is -0.0492. The zero-order valence-corrected chi connectivity index (χ0v) is 10.9. The molecule has 2 rings (SSSR count). The van der Waals surface area contributed by atoms with Gasteiger partial charge in [-0.25, -0.2) is 8.78 Å². The first-order valence-corrected chi connectivity index (χ1v) is 7.11. The predicted octanol–water partition coefficient (Wildman–Crippen LogP) is 3.70. The van der Waals surface area contributed by atoms with Crippen molar-refractivity contribution >= 4 is 11.3 Å². The molecule has 4 heteroatoms. The number of hydrogen-bond acceptors (Lipinski definition) is 2. The molecule has 0 aliphatic heterocycles. The van der Waals surface area contributed by atoms with Crippen LogP contribution in [-0.4, -0.2) is 19.0 Å². The fourth-order valence-corrected chi connectivity index (χ4v) is 3.31. The van der Waals surface area contributed by atoms with Gasteiger partial charge in [0.05, 0.1) is 0 Å². The average molecular weight is 259 g/mol. The molecular formula is C13H19F2NS. The minimum Gasteiger partial charge on any atom is -0.316 e. The second kappa shape index (κ2) is 5.44. The Balaban J connectivity index is 1.91. The Labute approximate surface area is 105 Å². The van der Waals surface area contributed by atoms with Crippen LogP contribution in [0.15, 0.2) is 16.8 Å². The molecule has 1 atom stereocenters. The van der Waals surface area contributed by atoms with E-state index in [1.165, 1.54) is 5.56 Å². The van der Waals surface area contributed by atoms with Crippen molar-refractivity contribution < 1.29 is 8.78 Å². The van der Waals surface area contributed by atoms with Crippen LogP contribution in [0.25, 0.3) is 0 Å². The van der Waals surface area contributed by atoms with Crippen molar-refractivity contribution in [2.24, 2.45) is 5.92 Å². The highest BCUT2D eigenvalue weighted by Gasteiger charge is 2.37. The molecule has 0 saturated heterocycles. The van der Waals surface area contributed by atoms with E-state index in [-0.39, 0.29) is 12.8 Å². The summed E-state index contributed by atoms with van der Waals surface area (Å²) in [5, 5.41) is 7.50. The topological polar surface area (TPSA) is 12.0 Å². The highest BCUT2D eigenvalue weighted by Crippen LogP contribution is 2.37. The number of nitrogens with one attached hydrogen (secondary N) is 1. The van der Waals surface area contributed by atoms with E-state index in [0.29, 0.717) is 24.8 Å². The summed E-state index contributed by atoms with van der Waals surface area (Å²) in [4.78, 5) is 0. The molecule has 1 fully saturated rings. The normalized spacial score (nSPS) is 22.5. The number of rotatable bonds is 4. The lowest BCUT2D eigenvalue weighted by atomic mass is 9.80. The standard InChI is InChI=1S/C13H19F2NS/c1-16-12(8-10-4-7-17-9-10)11-2-5-13(14,15)6-3-11/h4,7,9,11-12,16H,2-3,5-6,8H2,1H3. The third-order valence-electron chi connectivity index (χ3n) is 3.74. The molecule has 96 valence electrons. The van der Waals surface area contributed by atoms with Gasteiger partial charge in [-0.3, -0.25) is 0 Å². The van der Waals surface area contributed by atoms with Crippen molar-refractivity contribution in [2.75, 3.05) is 7.05 Å². The van der Waals surface area contributed by atoms with Gasteiger partial charge in [0, 0.05) is 18.9 Å². The van der Waals surface area contributed by atoms with Crippen molar-refractivity contribution in [3.63, 3.8) is 0 Å². The van der Waals surface area contributed by atoms with Crippen LogP contribution in [0, 0.1) is 5.92 Å². The number of halogens is 2. The van der Waals surface area contributed by atoms with Crippen LogP contribution >= 0.6 is 11.3 Å². The fraction of sp³-hybridized carbons (Fsp3) is 0.692. The van der Waals surface area contributed by atoms with E-state index < -0.39 is 5.92 Å². The summed E-state index contributed by atoms with van der Waals surface area (Å²) in [6, 6.07) is 2.45. The van der Waals surface area contributed by atoms with Crippen molar-refractivity contribution in [3.05, 3.63) is 22.4 Å². The van der Waals surface area contributed by atoms with Crippen molar-refractivity contribution in [1.82, 2.24) is 5.32 Å². The summed E-state index contributed by atoms with van der Waals surface area (Å²) >= 11 is 1.69. The lowest BCUT2D eigenvalue weighted by Crippen LogP contribution is -2.39. The highest BCUT2D eigenvalue weighted by atomic mass is 32.1. The van der Waals surface area contributed by atoms with E-state index in [0.717, 1.165) is 6.42 Å². The molecular weight excluding hydrogens is 240 g/mol. The molecule has 0 spiro atoms. The highest BCUT2D eigenvalue weighted by molar-refractivity contribution is 7.07. The predicted molar refractivity (Wildman–Crippen MR) is 67.8 cm³/mol. The monoisotopic (exact) mass is 259 g/mol. The lowest BCUT2D eigenvalue weighted by Gasteiger charge is -2.33. The summed E-state index contributed by atoms with van der Waals surface area (Å²) in [7, 11) is 1.93. The van der Waals surface area contributed by atoms with Crippen LogP contribution in [0.2, 0.25) is 0 Å². The van der Waals surface area contributed by atoms with Crippen LogP contribution in [-0.2, 0) is 6.42 Å². The summed E-state index contributed by atoms with van der Waals surface area (Å²) in [5.41, 5.74) is 1.31. The maximum Gasteiger partial charge on any atom is 0.248 e. The Morgan fingerprint density at radius 1 is 1.47 bits per heavy atom. The molecule has 1 aliphatic rings. The maximum absolute atomic E-state index is 13.1. The van der Waals surface area contributed by atoms with Crippen molar-refractivity contribution in [2.45, 2.75) is 44.1 Å². The molecule has 1 heterocycles. The summed E-state index contributed by atoms with van der Waals surface area (Å²) in [6.45, 7) is 0. The number of likely N-dealkylation sites (N-methyl/N-ethyl adjacent to an activating group) is 1. The number of hydrogen-bond donors (Lipinski definition) is 1. The van der Waals surface area contributed by atoms with Gasteiger partial charge in [0.25, 0.3) is 0 Å². The van der Waals surface area contributed by atoms with Gasteiger partial charge < -0.3 is 5.32 Å². The van der Waals surface area contributed by atoms with Crippen molar-refractivity contribution in [1.29, 1.82) is 0 Å². The second-order valence-electron chi connectivity index (χ2n) is 4.92. The molecule has 0 bridgehead atoms. The van der Waals surface area contributed by atoms with Gasteiger partial charge in [-0.15, -0.1) is 0 Å². The molecule has 0 radical (unpaired) electrons. The Hall–Kier alpha value is -0.480. The molecule has 1 aliphatic carbocycles. The van der Waals surface area contributed by atoms with Gasteiger partial charge in [-0.1, -0.05) is 0 Å². The fourth-order valence-electron chi connectivity index (χ4n) is 2.63. The van der Waals surface area contributed by atoms with E-state index >= 15 is 0 Å². The molecule has 1 saturated carbocycles. The molecule has 1 aromatic rings. The van der Waals surface area contributed by atoms with Gasteiger partial charge in [0.15, 0.2) is 0 Å². The molecule has 0 amide bonds. The van der Waals surface area contributed by atoms with Gasteiger partial charge in [0.1, 0.15) is 0 Å². The van der Waals surface area contributed by atoms with E-state index in [2.05, 4.69) is 22.1 Å². The number of alkyl halides is 2. The quantitative estimate of drug-likeness (QED) is 0.869. The minimum absolute atomic E-state index is 0.0550. The van der Waals surface area contributed by atoms with Crippen LogP contribution in [0.3, 0.4) is 0 Å². The van der Waals surface area contributed by atoms with Gasteiger partial charge >= 0.3 is 0 Å². The molecule has 0 aromatic carbocycles. The maximum atomic E-state index is 13.1. The van der Waals surface area contributed by atoms with Gasteiger partial charge in [-0.2, -0.15) is 11.3 Å². The molecule has 1 aromatic heterocycles. The third kappa shape index (κ3) is 3.49. The first-order chi connectivity index (χ1) is 8.11. The van der Waals surface area contributed by atoms with Gasteiger partial charge in [-0.05, 0) is 54.6 Å². The first-order valence-electron chi connectivity index (χ1n) is 6.17. The zero-order valence-electron chi connectivity index (χ0n) is 10.1. The molecule has 1 unspecified atom stereocenters. The van der Waals surface area contributed by atoms with E-state index in [9.17, 15) is 8.78 Å². The van der Waals surface area contributed by atoms with Crippen molar-refractivity contribution in [3.8, 4) is 0 Å². The van der Waals surface area contributed by atoms with E-state index in [1.54, 1.807) is 11.3 Å². The van der Waals surface area contributed by atoms with E-state index in [1.807, 2.05) is 7.05 Å². The Kier molecular flexibility index (Phi) is 4.15. The number of thiophene rings is 1. The summed E-state index contributed by atoms with van der Waals surface area (Å²) < 4.78 is 26.2. The van der Waals surface area contributed by atoms with Crippen LogP contribution in [0.4, 0.5) is 8.78 Å². The zero-order chi connectivity index (χ0) is 12.3. The second-order valence-corrected chi connectivity index (χ2v) is 5.70. The van der Waals surface area contributed by atoms with E-state index in [4.69, 9.17) is 0 Å². The molecule has 1 nitrogen and oxygen atoms in total. The summed E-state index contributed by atoms with van der Waals surface area (Å²) in [6.07, 6.45) is 2.35. The van der Waals surface area contributed by atoms with Crippen LogP contribution < -0.4 is 5.32 Å². The molecule has 1 N–H and O–H groups in total. The Morgan fingerprint density at radius 2 is 2.18 bits per heavy atom. The first kappa shape index (κ1) is 13.0. The largest absolute Gasteiger partial charge is 0.316 e. The smallest absolute Gasteiger partial charge is 0.248 e. The minimum atomic E-state index is -2.42. The Morgan fingerprint density at radius 3 is 2.71 bits per heavy atom.